The number of carbonyl (C=O) groups is 1. The third-order valence-electron chi connectivity index (χ3n) is 3.05. The Balaban J connectivity index is 1.97. The summed E-state index contributed by atoms with van der Waals surface area (Å²) in [6, 6.07) is 1.03. The Kier molecular flexibility index (Phi) is 2.91. The normalized spacial score (nSPS) is 27.1. The molecule has 1 heterocycles. The molecule has 1 saturated heterocycles. The van der Waals surface area contributed by atoms with Gasteiger partial charge >= 0.3 is 6.03 Å². The summed E-state index contributed by atoms with van der Waals surface area (Å²) < 4.78 is 0. The molecule has 14 heavy (non-hydrogen) atoms. The van der Waals surface area contributed by atoms with Gasteiger partial charge in [0.2, 0.25) is 0 Å². The van der Waals surface area contributed by atoms with Gasteiger partial charge in [-0.25, -0.2) is 4.79 Å². The second-order valence-electron chi connectivity index (χ2n) is 4.19. The zero-order chi connectivity index (χ0) is 9.97. The molecule has 1 aliphatic heterocycles. The van der Waals surface area contributed by atoms with E-state index in [2.05, 4.69) is 10.6 Å². The molecule has 4 nitrogen and oxygen atoms in total. The number of nitrogens with zero attached hydrogens (tertiary/aromatic N) is 1. The highest BCUT2D eigenvalue weighted by atomic mass is 16.2. The van der Waals surface area contributed by atoms with Crippen LogP contribution in [0.3, 0.4) is 0 Å². The van der Waals surface area contributed by atoms with Crippen molar-refractivity contribution >= 4 is 6.03 Å². The van der Waals surface area contributed by atoms with E-state index in [-0.39, 0.29) is 6.03 Å². The maximum Gasteiger partial charge on any atom is 0.317 e. The lowest BCUT2D eigenvalue weighted by Gasteiger charge is -2.34. The predicted octanol–water partition coefficient (Wildman–Crippen LogP) is 0.542. The Morgan fingerprint density at radius 1 is 1.36 bits per heavy atom. The van der Waals surface area contributed by atoms with Crippen LogP contribution < -0.4 is 10.6 Å². The first-order chi connectivity index (χ1) is 6.83. The topological polar surface area (TPSA) is 44.4 Å². The molecule has 2 rings (SSSR count). The molecule has 2 amide bonds. The van der Waals surface area contributed by atoms with E-state index in [0.29, 0.717) is 12.1 Å². The number of hydrogen-bond acceptors (Lipinski definition) is 2. The van der Waals surface area contributed by atoms with Crippen molar-refractivity contribution in [2.24, 2.45) is 0 Å². The summed E-state index contributed by atoms with van der Waals surface area (Å²) >= 11 is 0. The average molecular weight is 197 g/mol. The summed E-state index contributed by atoms with van der Waals surface area (Å²) in [7, 11) is 1.72. The fourth-order valence-corrected chi connectivity index (χ4v) is 2.18. The van der Waals surface area contributed by atoms with Crippen LogP contribution in [-0.2, 0) is 0 Å². The van der Waals surface area contributed by atoms with Gasteiger partial charge in [0.15, 0.2) is 0 Å². The lowest BCUT2D eigenvalue weighted by molar-refractivity contribution is 0.158. The van der Waals surface area contributed by atoms with Gasteiger partial charge < -0.3 is 15.5 Å². The van der Waals surface area contributed by atoms with Crippen LogP contribution in [0.2, 0.25) is 0 Å². The summed E-state index contributed by atoms with van der Waals surface area (Å²) in [5.41, 5.74) is 0. The molecule has 1 aliphatic carbocycles. The minimum absolute atomic E-state index is 0.0983. The van der Waals surface area contributed by atoms with Crippen LogP contribution in [0, 0.1) is 0 Å². The number of amides is 2. The Bertz CT molecular complexity index is 209. The molecular weight excluding hydrogens is 178 g/mol. The summed E-state index contributed by atoms with van der Waals surface area (Å²) in [6.07, 6.45) is 4.70. The molecule has 0 bridgehead atoms. The molecule has 2 fully saturated rings. The van der Waals surface area contributed by atoms with Gasteiger partial charge in [0.05, 0.1) is 0 Å². The SMILES string of the molecule is CNC(=O)N(C1CC1)[C@@H]1CCCNC1. The van der Waals surface area contributed by atoms with Gasteiger partial charge in [0.1, 0.15) is 0 Å². The Labute approximate surface area is 85.0 Å². The second kappa shape index (κ2) is 4.17. The summed E-state index contributed by atoms with van der Waals surface area (Å²) in [5, 5.41) is 6.10. The van der Waals surface area contributed by atoms with Gasteiger partial charge in [-0.15, -0.1) is 0 Å². The number of carbonyl (C=O) groups excluding carboxylic acids is 1. The van der Waals surface area contributed by atoms with E-state index in [1.54, 1.807) is 7.05 Å². The first-order valence-electron chi connectivity index (χ1n) is 5.53. The standard InChI is InChI=1S/C10H19N3O/c1-11-10(14)13(8-4-5-8)9-3-2-6-12-7-9/h8-9,12H,2-7H2,1H3,(H,11,14)/t9-/m1/s1. The van der Waals surface area contributed by atoms with Crippen LogP contribution in [-0.4, -0.2) is 43.2 Å². The van der Waals surface area contributed by atoms with Crippen molar-refractivity contribution in [3.05, 3.63) is 0 Å². The van der Waals surface area contributed by atoms with Crippen LogP contribution in [0.5, 0.6) is 0 Å². The lowest BCUT2D eigenvalue weighted by atomic mass is 10.1. The van der Waals surface area contributed by atoms with Crippen molar-refractivity contribution in [3.8, 4) is 0 Å². The summed E-state index contributed by atoms with van der Waals surface area (Å²) in [6.45, 7) is 2.06. The van der Waals surface area contributed by atoms with E-state index in [0.717, 1.165) is 19.5 Å². The molecule has 4 heteroatoms. The van der Waals surface area contributed by atoms with Crippen LogP contribution in [0.25, 0.3) is 0 Å². The molecule has 0 aromatic rings. The highest BCUT2D eigenvalue weighted by molar-refractivity contribution is 5.75. The monoisotopic (exact) mass is 197 g/mol. The maximum absolute atomic E-state index is 11.7. The third kappa shape index (κ3) is 2.00. The van der Waals surface area contributed by atoms with Crippen LogP contribution in [0.1, 0.15) is 25.7 Å². The molecule has 0 unspecified atom stereocenters. The van der Waals surface area contributed by atoms with Crippen LogP contribution in [0.15, 0.2) is 0 Å². The van der Waals surface area contributed by atoms with Crippen LogP contribution >= 0.6 is 0 Å². The third-order valence-corrected chi connectivity index (χ3v) is 3.05. The molecule has 0 spiro atoms. The highest BCUT2D eigenvalue weighted by Crippen LogP contribution is 2.30. The van der Waals surface area contributed by atoms with Crippen molar-refractivity contribution in [1.82, 2.24) is 15.5 Å². The van der Waals surface area contributed by atoms with Crippen molar-refractivity contribution in [3.63, 3.8) is 0 Å². The molecule has 0 radical (unpaired) electrons. The largest absolute Gasteiger partial charge is 0.341 e. The van der Waals surface area contributed by atoms with Gasteiger partial charge in [0, 0.05) is 25.7 Å². The molecule has 0 aromatic carbocycles. The first kappa shape index (κ1) is 9.77. The summed E-state index contributed by atoms with van der Waals surface area (Å²) in [4.78, 5) is 13.7. The van der Waals surface area contributed by atoms with E-state index < -0.39 is 0 Å². The second-order valence-corrected chi connectivity index (χ2v) is 4.19. The number of hydrogen-bond donors (Lipinski definition) is 2. The van der Waals surface area contributed by atoms with E-state index in [1.165, 1.54) is 19.3 Å². The number of urea groups is 1. The van der Waals surface area contributed by atoms with Crippen molar-refractivity contribution in [2.75, 3.05) is 20.1 Å². The molecule has 2 aliphatic rings. The van der Waals surface area contributed by atoms with Gasteiger partial charge in [-0.2, -0.15) is 0 Å². The first-order valence-corrected chi connectivity index (χ1v) is 5.53. The molecule has 2 N–H and O–H groups in total. The van der Waals surface area contributed by atoms with Gasteiger partial charge in [-0.05, 0) is 32.2 Å². The fraction of sp³-hybridized carbons (Fsp3) is 0.900. The maximum atomic E-state index is 11.7. The molecule has 1 atom stereocenters. The molecule has 80 valence electrons. The van der Waals surface area contributed by atoms with Crippen molar-refractivity contribution < 1.29 is 4.79 Å². The minimum Gasteiger partial charge on any atom is -0.341 e. The number of piperidine rings is 1. The number of rotatable bonds is 2. The fourth-order valence-electron chi connectivity index (χ4n) is 2.18. The molecular formula is C10H19N3O. The van der Waals surface area contributed by atoms with Crippen LogP contribution in [0.4, 0.5) is 4.79 Å². The van der Waals surface area contributed by atoms with Crippen molar-refractivity contribution in [1.29, 1.82) is 0 Å². The average Bonchev–Trinajstić information content (AvgIpc) is 3.04. The highest BCUT2D eigenvalue weighted by Gasteiger charge is 2.37. The predicted molar refractivity (Wildman–Crippen MR) is 55.2 cm³/mol. The zero-order valence-corrected chi connectivity index (χ0v) is 8.75. The van der Waals surface area contributed by atoms with E-state index in [9.17, 15) is 4.79 Å². The minimum atomic E-state index is 0.0983. The quantitative estimate of drug-likeness (QED) is 0.678. The lowest BCUT2D eigenvalue weighted by Crippen LogP contribution is -2.52. The summed E-state index contributed by atoms with van der Waals surface area (Å²) in [5.74, 6) is 0. The number of nitrogens with one attached hydrogen (secondary N) is 2. The van der Waals surface area contributed by atoms with E-state index in [1.807, 2.05) is 4.90 Å². The van der Waals surface area contributed by atoms with E-state index in [4.69, 9.17) is 0 Å². The van der Waals surface area contributed by atoms with Gasteiger partial charge in [-0.3, -0.25) is 0 Å². The molecule has 1 saturated carbocycles. The van der Waals surface area contributed by atoms with Crippen molar-refractivity contribution in [2.45, 2.75) is 37.8 Å². The van der Waals surface area contributed by atoms with Gasteiger partial charge in [0.25, 0.3) is 0 Å². The smallest absolute Gasteiger partial charge is 0.317 e. The molecule has 0 aromatic heterocycles. The Hall–Kier alpha value is -0.770. The van der Waals surface area contributed by atoms with Gasteiger partial charge in [-0.1, -0.05) is 0 Å². The van der Waals surface area contributed by atoms with E-state index >= 15 is 0 Å². The zero-order valence-electron chi connectivity index (χ0n) is 8.75. The Morgan fingerprint density at radius 3 is 2.64 bits per heavy atom. The Morgan fingerprint density at radius 2 is 2.14 bits per heavy atom.